The Labute approximate surface area is 173 Å². The van der Waals surface area contributed by atoms with E-state index in [2.05, 4.69) is 20.7 Å². The van der Waals surface area contributed by atoms with Gasteiger partial charge in [-0.2, -0.15) is 8.78 Å². The van der Waals surface area contributed by atoms with Gasteiger partial charge in [0.2, 0.25) is 5.91 Å². The van der Waals surface area contributed by atoms with E-state index in [1.54, 1.807) is 24.3 Å². The molecule has 3 rings (SSSR count). The van der Waals surface area contributed by atoms with E-state index in [0.29, 0.717) is 22.8 Å². The second kappa shape index (κ2) is 9.21. The molecule has 0 aliphatic carbocycles. The normalized spacial score (nSPS) is 18.7. The minimum Gasteiger partial charge on any atom is -0.435 e. The number of alkyl halides is 2. The molecule has 0 bridgehead atoms. The second-order valence-corrected chi connectivity index (χ2v) is 6.94. The van der Waals surface area contributed by atoms with Crippen molar-refractivity contribution in [2.75, 3.05) is 11.9 Å². The molecule has 3 amide bonds. The molecule has 11 heteroatoms. The topological polar surface area (TPSA) is 79.5 Å². The third kappa shape index (κ3) is 5.32. The molecule has 0 aromatic heterocycles. The first-order valence-corrected chi connectivity index (χ1v) is 9.14. The summed E-state index contributed by atoms with van der Waals surface area (Å²) in [5.74, 6) is -4.53. The van der Waals surface area contributed by atoms with Gasteiger partial charge >= 0.3 is 12.6 Å². The van der Waals surface area contributed by atoms with Gasteiger partial charge in [-0.1, -0.05) is 11.6 Å². The van der Waals surface area contributed by atoms with Crippen molar-refractivity contribution >= 4 is 29.2 Å². The van der Waals surface area contributed by atoms with Crippen LogP contribution in [0, 0.1) is 11.6 Å². The van der Waals surface area contributed by atoms with Crippen LogP contribution in [-0.2, 0) is 4.79 Å². The average molecular weight is 446 g/mol. The van der Waals surface area contributed by atoms with Crippen molar-refractivity contribution in [2.45, 2.75) is 25.0 Å². The summed E-state index contributed by atoms with van der Waals surface area (Å²) in [4.78, 5) is 24.1. The summed E-state index contributed by atoms with van der Waals surface area (Å²) in [6.45, 7) is -3.33. The first-order valence-electron chi connectivity index (χ1n) is 8.76. The Balaban J connectivity index is 1.80. The van der Waals surface area contributed by atoms with E-state index < -0.39 is 53.5 Å². The maximum Gasteiger partial charge on any atom is 0.387 e. The van der Waals surface area contributed by atoms with Crippen LogP contribution in [-0.4, -0.2) is 31.1 Å². The number of carbonyl (C=O) groups is 2. The van der Waals surface area contributed by atoms with Gasteiger partial charge in [0.05, 0.1) is 6.04 Å². The minimum atomic E-state index is -3.25. The van der Waals surface area contributed by atoms with E-state index in [1.165, 1.54) is 0 Å². The Hall–Kier alpha value is -3.01. The lowest BCUT2D eigenvalue weighted by molar-refractivity contribution is -0.123. The number of amides is 3. The molecule has 1 aliphatic heterocycles. The van der Waals surface area contributed by atoms with Crippen LogP contribution in [0.15, 0.2) is 36.4 Å². The number of hydrogen-bond acceptors (Lipinski definition) is 3. The van der Waals surface area contributed by atoms with Crippen LogP contribution in [0.5, 0.6) is 5.75 Å². The molecule has 160 valence electrons. The van der Waals surface area contributed by atoms with Crippen LogP contribution in [0.3, 0.4) is 0 Å². The van der Waals surface area contributed by atoms with Gasteiger partial charge in [-0.15, -0.1) is 0 Å². The number of hydrogen-bond donors (Lipinski definition) is 3. The van der Waals surface area contributed by atoms with Crippen LogP contribution in [0.1, 0.15) is 17.9 Å². The van der Waals surface area contributed by atoms with Crippen LogP contribution in [0.25, 0.3) is 0 Å². The van der Waals surface area contributed by atoms with Crippen molar-refractivity contribution in [3.63, 3.8) is 0 Å². The molecule has 3 N–H and O–H groups in total. The average Bonchev–Trinajstić information content (AvgIpc) is 2.64. The zero-order valence-electron chi connectivity index (χ0n) is 15.2. The number of nitrogens with one attached hydrogen (secondary N) is 3. The molecule has 1 saturated heterocycles. The number of rotatable bonds is 5. The molecule has 2 aromatic carbocycles. The standard InChI is InChI=1S/C19H16ClF4N3O3/c20-9-1-3-10(4-2-9)26-19(29)27-15-8-25-16(28)7-12(15)17-13(21)5-11(6-14(17)22)30-18(23)24/h1-6,12,15,18H,7-8H2,(H,25,28)(H2,26,27,29)/t12?,15-/m1/s1. The summed E-state index contributed by atoms with van der Waals surface area (Å²) in [6.07, 6.45) is -0.311. The van der Waals surface area contributed by atoms with Crippen LogP contribution in [0.4, 0.5) is 28.0 Å². The first-order chi connectivity index (χ1) is 14.2. The van der Waals surface area contributed by atoms with Gasteiger partial charge < -0.3 is 20.7 Å². The highest BCUT2D eigenvalue weighted by Crippen LogP contribution is 2.33. The molecule has 6 nitrogen and oxygen atoms in total. The summed E-state index contributed by atoms with van der Waals surface area (Å²) in [5.41, 5.74) is -0.0672. The lowest BCUT2D eigenvalue weighted by atomic mass is 9.85. The van der Waals surface area contributed by atoms with Gasteiger partial charge in [0.1, 0.15) is 17.4 Å². The molecule has 0 spiro atoms. The van der Waals surface area contributed by atoms with Crippen LogP contribution in [0.2, 0.25) is 5.02 Å². The number of benzene rings is 2. The van der Waals surface area contributed by atoms with Crippen molar-refractivity contribution in [3.8, 4) is 5.75 Å². The lowest BCUT2D eigenvalue weighted by Gasteiger charge is -2.33. The molecule has 1 unspecified atom stereocenters. The predicted octanol–water partition coefficient (Wildman–Crippen LogP) is 4.01. The maximum atomic E-state index is 14.5. The molecule has 1 fully saturated rings. The number of halogens is 5. The number of urea groups is 1. The van der Waals surface area contributed by atoms with Gasteiger partial charge in [0.25, 0.3) is 0 Å². The Morgan fingerprint density at radius 1 is 1.17 bits per heavy atom. The van der Waals surface area contributed by atoms with E-state index in [9.17, 15) is 27.2 Å². The number of anilines is 1. The van der Waals surface area contributed by atoms with Gasteiger partial charge in [-0.05, 0) is 24.3 Å². The second-order valence-electron chi connectivity index (χ2n) is 6.51. The van der Waals surface area contributed by atoms with Crippen molar-refractivity contribution in [1.29, 1.82) is 0 Å². The van der Waals surface area contributed by atoms with E-state index in [4.69, 9.17) is 11.6 Å². The molecule has 0 radical (unpaired) electrons. The molecule has 0 saturated carbocycles. The highest BCUT2D eigenvalue weighted by molar-refractivity contribution is 6.30. The molecule has 2 aromatic rings. The van der Waals surface area contributed by atoms with Gasteiger partial charge in [-0.25, -0.2) is 13.6 Å². The summed E-state index contributed by atoms with van der Waals surface area (Å²) in [5, 5.41) is 8.11. The molecule has 2 atom stereocenters. The van der Waals surface area contributed by atoms with Crippen molar-refractivity contribution in [1.82, 2.24) is 10.6 Å². The lowest BCUT2D eigenvalue weighted by Crippen LogP contribution is -2.53. The zero-order valence-corrected chi connectivity index (χ0v) is 16.0. The largest absolute Gasteiger partial charge is 0.435 e. The monoisotopic (exact) mass is 445 g/mol. The fraction of sp³-hybridized carbons (Fsp3) is 0.263. The smallest absolute Gasteiger partial charge is 0.387 e. The van der Waals surface area contributed by atoms with Crippen LogP contribution >= 0.6 is 11.6 Å². The van der Waals surface area contributed by atoms with Crippen LogP contribution < -0.4 is 20.7 Å². The Morgan fingerprint density at radius 2 is 1.80 bits per heavy atom. The molecule has 1 heterocycles. The highest BCUT2D eigenvalue weighted by atomic mass is 35.5. The van der Waals surface area contributed by atoms with E-state index >= 15 is 0 Å². The molecule has 30 heavy (non-hydrogen) atoms. The highest BCUT2D eigenvalue weighted by Gasteiger charge is 2.35. The molecular weight excluding hydrogens is 430 g/mol. The summed E-state index contributed by atoms with van der Waals surface area (Å²) < 4.78 is 57.7. The molecular formula is C19H16ClF4N3O3. The summed E-state index contributed by atoms with van der Waals surface area (Å²) in [7, 11) is 0. The Morgan fingerprint density at radius 3 is 2.40 bits per heavy atom. The number of carbonyl (C=O) groups excluding carboxylic acids is 2. The molecule has 1 aliphatic rings. The zero-order chi connectivity index (χ0) is 21.8. The number of ether oxygens (including phenoxy) is 1. The van der Waals surface area contributed by atoms with Crippen molar-refractivity contribution in [3.05, 3.63) is 58.6 Å². The number of piperidine rings is 1. The van der Waals surface area contributed by atoms with Gasteiger partial charge in [-0.3, -0.25) is 4.79 Å². The third-order valence-corrected chi connectivity index (χ3v) is 4.73. The first kappa shape index (κ1) is 21.7. The Bertz CT molecular complexity index is 920. The minimum absolute atomic E-state index is 0.0777. The SMILES string of the molecule is O=C1CC(c2c(F)cc(OC(F)F)cc2F)[C@H](NC(=O)Nc2ccc(Cl)cc2)CN1. The summed E-state index contributed by atoms with van der Waals surface area (Å²) >= 11 is 5.78. The predicted molar refractivity (Wildman–Crippen MR) is 101 cm³/mol. The fourth-order valence-electron chi connectivity index (χ4n) is 3.19. The van der Waals surface area contributed by atoms with Crippen molar-refractivity contribution in [2.24, 2.45) is 0 Å². The quantitative estimate of drug-likeness (QED) is 0.608. The Kier molecular flexibility index (Phi) is 6.66. The van der Waals surface area contributed by atoms with E-state index in [-0.39, 0.29) is 13.0 Å². The fourth-order valence-corrected chi connectivity index (χ4v) is 3.32. The van der Waals surface area contributed by atoms with Crippen molar-refractivity contribution < 1.29 is 31.9 Å². The van der Waals surface area contributed by atoms with Gasteiger partial charge in [0.15, 0.2) is 0 Å². The summed E-state index contributed by atoms with van der Waals surface area (Å²) in [6, 6.07) is 5.95. The van der Waals surface area contributed by atoms with Gasteiger partial charge in [0, 0.05) is 47.3 Å². The third-order valence-electron chi connectivity index (χ3n) is 4.48. The van der Waals surface area contributed by atoms with E-state index in [1.807, 2.05) is 0 Å². The maximum absolute atomic E-state index is 14.5. The van der Waals surface area contributed by atoms with E-state index in [0.717, 1.165) is 0 Å².